The number of benzene rings is 2. The SMILES string of the molecule is O=c1[nH]c(-c2ccc(N3CCC(OCc4c(-c5ccccc5C(F)(F)F)noc4C4CC4)CC3)cc2F)no1. The summed E-state index contributed by atoms with van der Waals surface area (Å²) in [5.74, 6) is -0.529. The van der Waals surface area contributed by atoms with Gasteiger partial charge in [0.2, 0.25) is 0 Å². The zero-order chi connectivity index (χ0) is 27.1. The van der Waals surface area contributed by atoms with Gasteiger partial charge in [0.25, 0.3) is 0 Å². The zero-order valence-electron chi connectivity index (χ0n) is 20.6. The molecule has 2 aromatic heterocycles. The quantitative estimate of drug-likeness (QED) is 0.289. The molecule has 0 unspecified atom stereocenters. The van der Waals surface area contributed by atoms with Crippen LogP contribution < -0.4 is 10.7 Å². The zero-order valence-corrected chi connectivity index (χ0v) is 20.6. The molecule has 2 aliphatic rings. The standard InChI is InChI=1S/C27H24F4N4O4/c28-22-13-16(7-8-19(22)25-32-26(36)39-34-25)35-11-9-17(10-12-35)37-14-20-23(33-38-24(20)15-5-6-15)18-3-1-2-4-21(18)27(29,30)31/h1-4,7-8,13,15,17H,5-6,9-12,14H2,(H,32,34,36). The highest BCUT2D eigenvalue weighted by Gasteiger charge is 2.37. The number of aromatic amines is 1. The number of H-pyrrole nitrogens is 1. The van der Waals surface area contributed by atoms with Crippen molar-refractivity contribution in [3.63, 3.8) is 0 Å². The van der Waals surface area contributed by atoms with E-state index in [2.05, 4.69) is 19.8 Å². The van der Waals surface area contributed by atoms with E-state index in [9.17, 15) is 22.4 Å². The molecule has 1 saturated carbocycles. The van der Waals surface area contributed by atoms with E-state index in [0.717, 1.165) is 18.9 Å². The number of alkyl halides is 3. The number of piperidine rings is 1. The van der Waals surface area contributed by atoms with Crippen LogP contribution in [0.3, 0.4) is 0 Å². The van der Waals surface area contributed by atoms with E-state index < -0.39 is 23.3 Å². The summed E-state index contributed by atoms with van der Waals surface area (Å²) in [5, 5.41) is 7.57. The molecule has 8 nitrogen and oxygen atoms in total. The molecule has 0 bridgehead atoms. The van der Waals surface area contributed by atoms with Crippen LogP contribution in [-0.4, -0.2) is 34.5 Å². The predicted molar refractivity (Wildman–Crippen MR) is 131 cm³/mol. The molecule has 1 saturated heterocycles. The highest BCUT2D eigenvalue weighted by Crippen LogP contribution is 2.46. The summed E-state index contributed by atoms with van der Waals surface area (Å²) in [4.78, 5) is 15.5. The van der Waals surface area contributed by atoms with Crippen LogP contribution >= 0.6 is 0 Å². The Bertz CT molecular complexity index is 1530. The number of ether oxygens (including phenoxy) is 1. The van der Waals surface area contributed by atoms with E-state index >= 15 is 0 Å². The van der Waals surface area contributed by atoms with Gasteiger partial charge in [0, 0.05) is 35.8 Å². The Morgan fingerprint density at radius 1 is 1.00 bits per heavy atom. The van der Waals surface area contributed by atoms with E-state index in [0.29, 0.717) is 42.9 Å². The molecular weight excluding hydrogens is 520 g/mol. The predicted octanol–water partition coefficient (Wildman–Crippen LogP) is 5.91. The lowest BCUT2D eigenvalue weighted by Gasteiger charge is -2.33. The van der Waals surface area contributed by atoms with Crippen molar-refractivity contribution < 1.29 is 31.3 Å². The van der Waals surface area contributed by atoms with Crippen molar-refractivity contribution in [2.45, 2.75) is 50.5 Å². The van der Waals surface area contributed by atoms with Crippen molar-refractivity contribution in [1.82, 2.24) is 15.3 Å². The highest BCUT2D eigenvalue weighted by atomic mass is 19.4. The first-order valence-corrected chi connectivity index (χ1v) is 12.7. The first-order valence-electron chi connectivity index (χ1n) is 12.7. The lowest BCUT2D eigenvalue weighted by Crippen LogP contribution is -2.37. The number of nitrogens with zero attached hydrogens (tertiary/aromatic N) is 3. The second kappa shape index (κ2) is 9.99. The minimum Gasteiger partial charge on any atom is -0.373 e. The molecule has 6 rings (SSSR count). The number of rotatable bonds is 7. The fourth-order valence-corrected chi connectivity index (χ4v) is 5.00. The molecule has 1 N–H and O–H groups in total. The molecule has 2 fully saturated rings. The lowest BCUT2D eigenvalue weighted by atomic mass is 9.99. The van der Waals surface area contributed by atoms with Gasteiger partial charge in [0.1, 0.15) is 17.3 Å². The molecule has 3 heterocycles. The van der Waals surface area contributed by atoms with Crippen LogP contribution in [0.1, 0.15) is 48.5 Å². The molecule has 0 radical (unpaired) electrons. The first-order chi connectivity index (χ1) is 18.8. The monoisotopic (exact) mass is 544 g/mol. The van der Waals surface area contributed by atoms with Gasteiger partial charge in [-0.05, 0) is 49.9 Å². The summed E-state index contributed by atoms with van der Waals surface area (Å²) in [7, 11) is 0. The van der Waals surface area contributed by atoms with Crippen molar-refractivity contribution in [3.05, 3.63) is 75.7 Å². The molecule has 12 heteroatoms. The van der Waals surface area contributed by atoms with Crippen LogP contribution in [0, 0.1) is 5.82 Å². The topological polar surface area (TPSA) is 97.4 Å². The molecular formula is C27H24F4N4O4. The third kappa shape index (κ3) is 5.20. The Balaban J connectivity index is 1.14. The minimum absolute atomic E-state index is 0.0192. The third-order valence-corrected chi connectivity index (χ3v) is 7.17. The van der Waals surface area contributed by atoms with Crippen molar-refractivity contribution in [2.75, 3.05) is 18.0 Å². The van der Waals surface area contributed by atoms with Gasteiger partial charge >= 0.3 is 11.9 Å². The van der Waals surface area contributed by atoms with E-state index in [-0.39, 0.29) is 41.3 Å². The van der Waals surface area contributed by atoms with Gasteiger partial charge in [-0.2, -0.15) is 13.2 Å². The summed E-state index contributed by atoms with van der Waals surface area (Å²) >= 11 is 0. The van der Waals surface area contributed by atoms with Crippen LogP contribution in [0.2, 0.25) is 0 Å². The van der Waals surface area contributed by atoms with E-state index in [1.807, 2.05) is 4.90 Å². The number of anilines is 1. The molecule has 1 aliphatic heterocycles. The van der Waals surface area contributed by atoms with Gasteiger partial charge in [-0.3, -0.25) is 9.51 Å². The minimum atomic E-state index is -4.52. The number of hydrogen-bond acceptors (Lipinski definition) is 7. The normalized spacial score (nSPS) is 16.7. The van der Waals surface area contributed by atoms with Gasteiger partial charge in [0.05, 0.1) is 23.8 Å². The maximum atomic E-state index is 14.7. The Hall–Kier alpha value is -3.93. The summed E-state index contributed by atoms with van der Waals surface area (Å²) in [6.45, 7) is 1.31. The summed E-state index contributed by atoms with van der Waals surface area (Å²) < 4.78 is 72.0. The van der Waals surface area contributed by atoms with E-state index in [1.54, 1.807) is 12.1 Å². The number of aromatic nitrogens is 3. The maximum absolute atomic E-state index is 14.7. The molecule has 39 heavy (non-hydrogen) atoms. The third-order valence-electron chi connectivity index (χ3n) is 7.17. The summed E-state index contributed by atoms with van der Waals surface area (Å²) in [6.07, 6.45) is -1.54. The highest BCUT2D eigenvalue weighted by molar-refractivity contribution is 5.68. The second-order valence-corrected chi connectivity index (χ2v) is 9.80. The number of hydrogen-bond donors (Lipinski definition) is 1. The number of nitrogens with one attached hydrogen (secondary N) is 1. The maximum Gasteiger partial charge on any atom is 0.439 e. The van der Waals surface area contributed by atoms with Gasteiger partial charge < -0.3 is 14.2 Å². The second-order valence-electron chi connectivity index (χ2n) is 9.80. The Kier molecular flexibility index (Phi) is 6.49. The van der Waals surface area contributed by atoms with E-state index in [4.69, 9.17) is 9.26 Å². The molecule has 0 spiro atoms. The molecule has 0 atom stereocenters. The summed E-state index contributed by atoms with van der Waals surface area (Å²) in [5.41, 5.74) is 0.775. The van der Waals surface area contributed by atoms with Gasteiger partial charge in [-0.15, -0.1) is 0 Å². The van der Waals surface area contributed by atoms with Crippen molar-refractivity contribution in [2.24, 2.45) is 0 Å². The molecule has 0 amide bonds. The van der Waals surface area contributed by atoms with Crippen LogP contribution in [0.4, 0.5) is 23.2 Å². The van der Waals surface area contributed by atoms with Gasteiger partial charge in [-0.1, -0.05) is 28.5 Å². The Morgan fingerprint density at radius 3 is 2.44 bits per heavy atom. The average Bonchev–Trinajstić information content (AvgIpc) is 3.54. The number of halogens is 4. The molecule has 4 aromatic rings. The molecule has 1 aliphatic carbocycles. The smallest absolute Gasteiger partial charge is 0.373 e. The van der Waals surface area contributed by atoms with Crippen LogP contribution in [0.25, 0.3) is 22.6 Å². The van der Waals surface area contributed by atoms with Gasteiger partial charge in [-0.25, -0.2) is 9.18 Å². The fraction of sp³-hybridized carbons (Fsp3) is 0.370. The average molecular weight is 545 g/mol. The van der Waals surface area contributed by atoms with Crippen LogP contribution in [0.5, 0.6) is 0 Å². The molecule has 204 valence electrons. The largest absolute Gasteiger partial charge is 0.439 e. The fourth-order valence-electron chi connectivity index (χ4n) is 5.00. The van der Waals surface area contributed by atoms with Gasteiger partial charge in [0.15, 0.2) is 5.82 Å². The Labute approximate surface area is 219 Å². The van der Waals surface area contributed by atoms with E-state index in [1.165, 1.54) is 24.3 Å². The van der Waals surface area contributed by atoms with Crippen molar-refractivity contribution in [3.8, 4) is 22.6 Å². The Morgan fingerprint density at radius 2 is 1.77 bits per heavy atom. The van der Waals surface area contributed by atoms with Crippen LogP contribution in [0.15, 0.2) is 56.3 Å². The molecule has 2 aromatic carbocycles. The van der Waals surface area contributed by atoms with Crippen LogP contribution in [-0.2, 0) is 17.5 Å². The van der Waals surface area contributed by atoms with Crippen molar-refractivity contribution >= 4 is 5.69 Å². The first kappa shape index (κ1) is 25.4. The summed E-state index contributed by atoms with van der Waals surface area (Å²) in [6, 6.07) is 10.0. The van der Waals surface area contributed by atoms with Crippen molar-refractivity contribution in [1.29, 1.82) is 0 Å². The lowest BCUT2D eigenvalue weighted by molar-refractivity contribution is -0.137.